The van der Waals surface area contributed by atoms with Crippen LogP contribution in [-0.4, -0.2) is 11.9 Å². The summed E-state index contributed by atoms with van der Waals surface area (Å²) in [6, 6.07) is 13.8. The van der Waals surface area contributed by atoms with E-state index >= 15 is 0 Å². The van der Waals surface area contributed by atoms with E-state index in [1.54, 1.807) is 0 Å². The van der Waals surface area contributed by atoms with Crippen molar-refractivity contribution in [3.63, 3.8) is 0 Å². The van der Waals surface area contributed by atoms with Crippen LogP contribution in [0.25, 0.3) is 0 Å². The smallest absolute Gasteiger partial charge is 0.0451 e. The molecule has 0 fully saturated rings. The average Bonchev–Trinajstić information content (AvgIpc) is 2.36. The van der Waals surface area contributed by atoms with Crippen LogP contribution < -0.4 is 5.73 Å². The first-order valence-corrected chi connectivity index (χ1v) is 7.19. The molecule has 0 saturated carbocycles. The molecule has 2 aromatic rings. The molecule has 0 amide bonds. The van der Waals surface area contributed by atoms with Gasteiger partial charge in [-0.05, 0) is 36.4 Å². The minimum Gasteiger partial charge on any atom is -0.399 e. The van der Waals surface area contributed by atoms with Gasteiger partial charge in [0.2, 0.25) is 0 Å². The van der Waals surface area contributed by atoms with E-state index in [0.29, 0.717) is 0 Å². The Morgan fingerprint density at radius 2 is 1.79 bits per heavy atom. The zero-order chi connectivity index (χ0) is 13.8. The van der Waals surface area contributed by atoms with Crippen LogP contribution in [0.4, 0.5) is 5.69 Å². The van der Waals surface area contributed by atoms with Crippen molar-refractivity contribution in [1.82, 2.24) is 4.90 Å². The number of hydrogen-bond acceptors (Lipinski definition) is 2. The number of nitrogens with two attached hydrogens (primary N) is 1. The summed E-state index contributed by atoms with van der Waals surface area (Å²) in [5.41, 5.74) is 8.86. The van der Waals surface area contributed by atoms with Crippen molar-refractivity contribution in [2.75, 3.05) is 12.8 Å². The van der Waals surface area contributed by atoms with Gasteiger partial charge in [0, 0.05) is 28.3 Å². The van der Waals surface area contributed by atoms with Gasteiger partial charge in [0.1, 0.15) is 0 Å². The molecule has 0 unspecified atom stereocenters. The third-order valence-corrected chi connectivity index (χ3v) is 4.02. The molecule has 0 radical (unpaired) electrons. The second-order valence-corrected chi connectivity index (χ2v) is 5.88. The predicted molar refractivity (Wildman–Crippen MR) is 85.2 cm³/mol. The number of nitrogen functional groups attached to an aromatic ring is 1. The molecule has 0 bridgehead atoms. The van der Waals surface area contributed by atoms with Crippen LogP contribution in [0, 0.1) is 0 Å². The number of anilines is 1. The lowest BCUT2D eigenvalue weighted by molar-refractivity contribution is 0.318. The van der Waals surface area contributed by atoms with Gasteiger partial charge in [0.15, 0.2) is 0 Å². The molecular weight excluding hydrogens is 324 g/mol. The predicted octanol–water partition coefficient (Wildman–Crippen LogP) is 4.32. The van der Waals surface area contributed by atoms with E-state index in [2.05, 4.69) is 33.9 Å². The molecule has 0 aliphatic carbocycles. The molecule has 0 spiro atoms. The van der Waals surface area contributed by atoms with Gasteiger partial charge in [-0.1, -0.05) is 51.8 Å². The zero-order valence-electron chi connectivity index (χ0n) is 10.7. The lowest BCUT2D eigenvalue weighted by Crippen LogP contribution is -2.17. The van der Waals surface area contributed by atoms with E-state index in [4.69, 9.17) is 17.3 Å². The van der Waals surface area contributed by atoms with Crippen molar-refractivity contribution in [3.8, 4) is 0 Å². The maximum Gasteiger partial charge on any atom is 0.0451 e. The largest absolute Gasteiger partial charge is 0.399 e. The van der Waals surface area contributed by atoms with Crippen LogP contribution in [0.2, 0.25) is 5.02 Å². The first-order chi connectivity index (χ1) is 9.06. The average molecular weight is 340 g/mol. The van der Waals surface area contributed by atoms with Crippen molar-refractivity contribution >= 4 is 33.2 Å². The highest BCUT2D eigenvalue weighted by atomic mass is 79.9. The summed E-state index contributed by atoms with van der Waals surface area (Å²) < 4.78 is 1.04. The Bertz CT molecular complexity index is 572. The van der Waals surface area contributed by atoms with E-state index in [0.717, 1.165) is 33.8 Å². The Labute approximate surface area is 127 Å². The van der Waals surface area contributed by atoms with Gasteiger partial charge in [-0.15, -0.1) is 0 Å². The molecule has 0 atom stereocenters. The number of halogens is 2. The highest BCUT2D eigenvalue weighted by molar-refractivity contribution is 9.10. The molecule has 100 valence electrons. The Balaban J connectivity index is 2.05. The van der Waals surface area contributed by atoms with Gasteiger partial charge in [-0.25, -0.2) is 0 Å². The summed E-state index contributed by atoms with van der Waals surface area (Å²) in [6.07, 6.45) is 0. The van der Waals surface area contributed by atoms with Crippen LogP contribution in [0.15, 0.2) is 46.9 Å². The topological polar surface area (TPSA) is 29.3 Å². The van der Waals surface area contributed by atoms with Crippen molar-refractivity contribution in [3.05, 3.63) is 63.1 Å². The minimum absolute atomic E-state index is 0.768. The quantitative estimate of drug-likeness (QED) is 0.841. The fourth-order valence-corrected chi connectivity index (χ4v) is 2.67. The number of benzene rings is 2. The maximum atomic E-state index is 6.17. The second kappa shape index (κ2) is 6.42. The maximum absolute atomic E-state index is 6.17. The van der Waals surface area contributed by atoms with Crippen molar-refractivity contribution in [2.45, 2.75) is 13.1 Å². The second-order valence-electron chi connectivity index (χ2n) is 4.61. The van der Waals surface area contributed by atoms with Gasteiger partial charge in [0.05, 0.1) is 0 Å². The van der Waals surface area contributed by atoms with Gasteiger partial charge < -0.3 is 5.73 Å². The summed E-state index contributed by atoms with van der Waals surface area (Å²) in [6.45, 7) is 1.66. The van der Waals surface area contributed by atoms with E-state index in [-0.39, 0.29) is 0 Å². The monoisotopic (exact) mass is 338 g/mol. The fraction of sp³-hybridized carbons (Fsp3) is 0.200. The van der Waals surface area contributed by atoms with Crippen LogP contribution in [0.1, 0.15) is 11.1 Å². The van der Waals surface area contributed by atoms with Gasteiger partial charge in [0.25, 0.3) is 0 Å². The SMILES string of the molecule is CN(Cc1ccccc1Cl)Cc1ccc(N)cc1Br. The molecule has 2 rings (SSSR count). The van der Waals surface area contributed by atoms with E-state index in [1.165, 1.54) is 5.56 Å². The highest BCUT2D eigenvalue weighted by Gasteiger charge is 2.07. The summed E-state index contributed by atoms with van der Waals surface area (Å²) in [7, 11) is 2.08. The first kappa shape index (κ1) is 14.4. The Morgan fingerprint density at radius 3 is 2.47 bits per heavy atom. The van der Waals surface area contributed by atoms with E-state index in [9.17, 15) is 0 Å². The molecule has 0 heterocycles. The molecule has 0 aromatic heterocycles. The zero-order valence-corrected chi connectivity index (χ0v) is 13.1. The van der Waals surface area contributed by atoms with Gasteiger partial charge >= 0.3 is 0 Å². The van der Waals surface area contributed by atoms with Gasteiger partial charge in [-0.3, -0.25) is 4.90 Å². The third-order valence-electron chi connectivity index (χ3n) is 2.92. The van der Waals surface area contributed by atoms with Crippen LogP contribution in [0.3, 0.4) is 0 Å². The van der Waals surface area contributed by atoms with Crippen LogP contribution >= 0.6 is 27.5 Å². The molecule has 0 aliphatic heterocycles. The Kier molecular flexibility index (Phi) is 4.86. The number of rotatable bonds is 4. The molecular formula is C15H16BrClN2. The third kappa shape index (κ3) is 3.96. The summed E-state index contributed by atoms with van der Waals surface area (Å²) in [5, 5.41) is 0.811. The molecule has 0 aliphatic rings. The van der Waals surface area contributed by atoms with E-state index < -0.39 is 0 Å². The Morgan fingerprint density at radius 1 is 1.11 bits per heavy atom. The van der Waals surface area contributed by atoms with Crippen molar-refractivity contribution < 1.29 is 0 Å². The van der Waals surface area contributed by atoms with Crippen molar-refractivity contribution in [2.24, 2.45) is 0 Å². The first-order valence-electron chi connectivity index (χ1n) is 6.02. The molecule has 19 heavy (non-hydrogen) atoms. The van der Waals surface area contributed by atoms with Crippen LogP contribution in [-0.2, 0) is 13.1 Å². The molecule has 2 N–H and O–H groups in total. The molecule has 2 aromatic carbocycles. The van der Waals surface area contributed by atoms with Gasteiger partial charge in [-0.2, -0.15) is 0 Å². The number of nitrogens with zero attached hydrogens (tertiary/aromatic N) is 1. The molecule has 0 saturated heterocycles. The normalized spacial score (nSPS) is 10.9. The minimum atomic E-state index is 0.768. The van der Waals surface area contributed by atoms with Crippen molar-refractivity contribution in [1.29, 1.82) is 0 Å². The highest BCUT2D eigenvalue weighted by Crippen LogP contribution is 2.22. The van der Waals surface area contributed by atoms with E-state index in [1.807, 2.05) is 36.4 Å². The Hall–Kier alpha value is -1.03. The van der Waals surface area contributed by atoms with Crippen LogP contribution in [0.5, 0.6) is 0 Å². The summed E-state index contributed by atoms with van der Waals surface area (Å²) in [5.74, 6) is 0. The molecule has 4 heteroatoms. The molecule has 2 nitrogen and oxygen atoms in total. The lowest BCUT2D eigenvalue weighted by Gasteiger charge is -2.18. The summed E-state index contributed by atoms with van der Waals surface area (Å²) in [4.78, 5) is 2.22. The standard InChI is InChI=1S/C15H16BrClN2/c1-19(10-12-4-2-3-5-15(12)17)9-11-6-7-13(18)8-14(11)16/h2-8H,9-10,18H2,1H3. The summed E-state index contributed by atoms with van der Waals surface area (Å²) >= 11 is 9.71. The number of hydrogen-bond donors (Lipinski definition) is 1. The lowest BCUT2D eigenvalue weighted by atomic mass is 10.1. The fourth-order valence-electron chi connectivity index (χ4n) is 1.96.